The molecule has 7 nitrogen and oxygen atoms in total. The van der Waals surface area contributed by atoms with Crippen molar-refractivity contribution < 1.29 is 9.53 Å². The van der Waals surface area contributed by atoms with E-state index < -0.39 is 0 Å². The number of hydrogen-bond donors (Lipinski definition) is 1. The molecule has 1 aromatic heterocycles. The van der Waals surface area contributed by atoms with Gasteiger partial charge in [0.2, 0.25) is 0 Å². The van der Waals surface area contributed by atoms with E-state index in [1.807, 2.05) is 30.3 Å². The van der Waals surface area contributed by atoms with E-state index in [9.17, 15) is 4.79 Å². The van der Waals surface area contributed by atoms with Crippen LogP contribution in [0.3, 0.4) is 0 Å². The van der Waals surface area contributed by atoms with Gasteiger partial charge in [0.25, 0.3) is 5.91 Å². The third-order valence-corrected chi connectivity index (χ3v) is 3.68. The summed E-state index contributed by atoms with van der Waals surface area (Å²) in [6, 6.07) is 16.6. The summed E-state index contributed by atoms with van der Waals surface area (Å²) in [4.78, 5) is 15.8. The molecule has 0 unspecified atom stereocenters. The number of nitriles is 1. The summed E-state index contributed by atoms with van der Waals surface area (Å²) < 4.78 is 7.14. The number of ether oxygens (including phenoxy) is 1. The average Bonchev–Trinajstić information content (AvgIpc) is 3.19. The van der Waals surface area contributed by atoms with Crippen molar-refractivity contribution in [2.24, 2.45) is 0 Å². The van der Waals surface area contributed by atoms with Crippen molar-refractivity contribution in [2.45, 2.75) is 13.1 Å². The third-order valence-electron chi connectivity index (χ3n) is 3.68. The minimum Gasteiger partial charge on any atom is -0.484 e. The standard InChI is InChI=1S/C19H17N5O2/c20-9-15-5-7-18(8-6-15)26-12-19(25)22-10-16-1-3-17(4-2-16)11-24-14-21-13-23-24/h1-8,13-14H,10-12H2,(H,22,25). The summed E-state index contributed by atoms with van der Waals surface area (Å²) in [7, 11) is 0. The van der Waals surface area contributed by atoms with Gasteiger partial charge in [-0.3, -0.25) is 4.79 Å². The summed E-state index contributed by atoms with van der Waals surface area (Å²) in [6.07, 6.45) is 3.17. The summed E-state index contributed by atoms with van der Waals surface area (Å²) in [5.41, 5.74) is 2.66. The van der Waals surface area contributed by atoms with Crippen molar-refractivity contribution >= 4 is 5.91 Å². The molecule has 0 bridgehead atoms. The van der Waals surface area contributed by atoms with Crippen molar-refractivity contribution in [2.75, 3.05) is 6.61 Å². The molecule has 0 fully saturated rings. The fourth-order valence-electron chi connectivity index (χ4n) is 2.29. The Morgan fingerprint density at radius 3 is 2.50 bits per heavy atom. The number of nitrogens with one attached hydrogen (secondary N) is 1. The number of carbonyl (C=O) groups excluding carboxylic acids is 1. The quantitative estimate of drug-likeness (QED) is 0.704. The van der Waals surface area contributed by atoms with E-state index in [1.54, 1.807) is 35.3 Å². The zero-order chi connectivity index (χ0) is 18.2. The third kappa shape index (κ3) is 4.92. The van der Waals surface area contributed by atoms with Crippen LogP contribution in [0.25, 0.3) is 0 Å². The van der Waals surface area contributed by atoms with Crippen LogP contribution in [0.4, 0.5) is 0 Å². The lowest BCUT2D eigenvalue weighted by molar-refractivity contribution is -0.123. The number of rotatable bonds is 7. The Bertz CT molecular complexity index is 881. The molecular formula is C19H17N5O2. The first-order valence-corrected chi connectivity index (χ1v) is 8.03. The molecule has 3 aromatic rings. The predicted molar refractivity (Wildman–Crippen MR) is 94.1 cm³/mol. The summed E-state index contributed by atoms with van der Waals surface area (Å²) in [6.45, 7) is 1.01. The highest BCUT2D eigenvalue weighted by Crippen LogP contribution is 2.11. The number of hydrogen-bond acceptors (Lipinski definition) is 5. The topological polar surface area (TPSA) is 92.8 Å². The van der Waals surface area contributed by atoms with Crippen LogP contribution in [0.15, 0.2) is 61.2 Å². The maximum absolute atomic E-state index is 11.9. The predicted octanol–water partition coefficient (Wildman–Crippen LogP) is 1.89. The molecule has 0 saturated carbocycles. The molecule has 130 valence electrons. The largest absolute Gasteiger partial charge is 0.484 e. The van der Waals surface area contributed by atoms with Crippen LogP contribution < -0.4 is 10.1 Å². The summed E-state index contributed by atoms with van der Waals surface area (Å²) in [5.74, 6) is 0.345. The van der Waals surface area contributed by atoms with Crippen molar-refractivity contribution in [1.29, 1.82) is 5.26 Å². The Hall–Kier alpha value is -3.66. The van der Waals surface area contributed by atoms with E-state index in [-0.39, 0.29) is 12.5 Å². The second kappa shape index (κ2) is 8.44. The van der Waals surface area contributed by atoms with Gasteiger partial charge < -0.3 is 10.1 Å². The number of benzene rings is 2. The second-order valence-corrected chi connectivity index (χ2v) is 5.61. The molecule has 0 radical (unpaired) electrons. The lowest BCUT2D eigenvalue weighted by atomic mass is 10.1. The molecule has 2 aromatic carbocycles. The van der Waals surface area contributed by atoms with Gasteiger partial charge in [0, 0.05) is 6.54 Å². The highest BCUT2D eigenvalue weighted by Gasteiger charge is 2.04. The smallest absolute Gasteiger partial charge is 0.258 e. The van der Waals surface area contributed by atoms with E-state index >= 15 is 0 Å². The van der Waals surface area contributed by atoms with Gasteiger partial charge in [-0.25, -0.2) is 9.67 Å². The first-order valence-electron chi connectivity index (χ1n) is 8.03. The molecule has 26 heavy (non-hydrogen) atoms. The van der Waals surface area contributed by atoms with Crippen LogP contribution >= 0.6 is 0 Å². The van der Waals surface area contributed by atoms with E-state index in [4.69, 9.17) is 10.00 Å². The lowest BCUT2D eigenvalue weighted by Crippen LogP contribution is -2.28. The Morgan fingerprint density at radius 2 is 1.85 bits per heavy atom. The second-order valence-electron chi connectivity index (χ2n) is 5.61. The first kappa shape index (κ1) is 17.2. The Morgan fingerprint density at radius 1 is 1.12 bits per heavy atom. The van der Waals surface area contributed by atoms with Gasteiger partial charge in [0.05, 0.1) is 18.2 Å². The Labute approximate surface area is 150 Å². The van der Waals surface area contributed by atoms with Crippen molar-refractivity contribution in [1.82, 2.24) is 20.1 Å². The van der Waals surface area contributed by atoms with E-state index in [2.05, 4.69) is 15.4 Å². The Balaban J connectivity index is 1.43. The van der Waals surface area contributed by atoms with Crippen LogP contribution in [-0.4, -0.2) is 27.3 Å². The van der Waals surface area contributed by atoms with Gasteiger partial charge >= 0.3 is 0 Å². The lowest BCUT2D eigenvalue weighted by Gasteiger charge is -2.08. The molecule has 0 saturated heterocycles. The molecular weight excluding hydrogens is 330 g/mol. The SMILES string of the molecule is N#Cc1ccc(OCC(=O)NCc2ccc(Cn3cncn3)cc2)cc1. The van der Waals surface area contributed by atoms with Gasteiger partial charge in [-0.15, -0.1) is 0 Å². The van der Waals surface area contributed by atoms with Crippen molar-refractivity contribution in [3.05, 3.63) is 77.9 Å². The summed E-state index contributed by atoms with van der Waals surface area (Å²) in [5, 5.41) is 15.6. The number of nitrogens with zero attached hydrogens (tertiary/aromatic N) is 4. The normalized spacial score (nSPS) is 10.1. The van der Waals surface area contributed by atoms with E-state index in [1.165, 1.54) is 6.33 Å². The summed E-state index contributed by atoms with van der Waals surface area (Å²) >= 11 is 0. The molecule has 3 rings (SSSR count). The zero-order valence-electron chi connectivity index (χ0n) is 14.0. The highest BCUT2D eigenvalue weighted by atomic mass is 16.5. The molecule has 1 N–H and O–H groups in total. The molecule has 1 amide bonds. The van der Waals surface area contributed by atoms with Gasteiger partial charge in [0.15, 0.2) is 6.61 Å². The van der Waals surface area contributed by atoms with Crippen LogP contribution in [0.1, 0.15) is 16.7 Å². The minimum atomic E-state index is -0.207. The van der Waals surface area contributed by atoms with Crippen molar-refractivity contribution in [3.8, 4) is 11.8 Å². The molecule has 0 aliphatic carbocycles. The maximum atomic E-state index is 11.9. The first-order chi connectivity index (χ1) is 12.7. The molecule has 0 aliphatic rings. The molecule has 0 atom stereocenters. The zero-order valence-corrected chi connectivity index (χ0v) is 14.0. The molecule has 7 heteroatoms. The van der Waals surface area contributed by atoms with Gasteiger partial charge in [-0.1, -0.05) is 24.3 Å². The van der Waals surface area contributed by atoms with E-state index in [0.29, 0.717) is 24.4 Å². The van der Waals surface area contributed by atoms with Gasteiger partial charge in [-0.2, -0.15) is 10.4 Å². The molecule has 1 heterocycles. The fraction of sp³-hybridized carbons (Fsp3) is 0.158. The highest BCUT2D eigenvalue weighted by molar-refractivity contribution is 5.77. The Kier molecular flexibility index (Phi) is 5.58. The van der Waals surface area contributed by atoms with Crippen LogP contribution in [0.5, 0.6) is 5.75 Å². The number of amides is 1. The minimum absolute atomic E-state index is 0.0731. The molecule has 0 aliphatic heterocycles. The van der Waals surface area contributed by atoms with E-state index in [0.717, 1.165) is 11.1 Å². The number of carbonyl (C=O) groups is 1. The molecule has 0 spiro atoms. The monoisotopic (exact) mass is 347 g/mol. The maximum Gasteiger partial charge on any atom is 0.258 e. The van der Waals surface area contributed by atoms with Gasteiger partial charge in [-0.05, 0) is 35.4 Å². The van der Waals surface area contributed by atoms with Crippen LogP contribution in [0, 0.1) is 11.3 Å². The number of aromatic nitrogens is 3. The van der Waals surface area contributed by atoms with Crippen LogP contribution in [-0.2, 0) is 17.9 Å². The van der Waals surface area contributed by atoms with Crippen LogP contribution in [0.2, 0.25) is 0 Å². The van der Waals surface area contributed by atoms with Crippen molar-refractivity contribution in [3.63, 3.8) is 0 Å². The fourth-order valence-corrected chi connectivity index (χ4v) is 2.29. The average molecular weight is 347 g/mol. The van der Waals surface area contributed by atoms with Gasteiger partial charge in [0.1, 0.15) is 18.4 Å².